The Morgan fingerprint density at radius 2 is 2.00 bits per heavy atom. The van der Waals surface area contributed by atoms with Gasteiger partial charge in [0.1, 0.15) is 0 Å². The summed E-state index contributed by atoms with van der Waals surface area (Å²) in [4.78, 5) is 4.22. The zero-order valence-electron chi connectivity index (χ0n) is 7.85. The van der Waals surface area contributed by atoms with Crippen molar-refractivity contribution in [2.24, 2.45) is 10.1 Å². The number of hydrazone groups is 1. The van der Waals surface area contributed by atoms with Gasteiger partial charge < -0.3 is 5.43 Å². The molecule has 0 aliphatic rings. The number of allylic oxidation sites excluding steroid dienone is 2. The highest BCUT2D eigenvalue weighted by molar-refractivity contribution is 14.1. The van der Waals surface area contributed by atoms with Crippen LogP contribution in [0.15, 0.2) is 19.4 Å². The van der Waals surface area contributed by atoms with Gasteiger partial charge in [-0.25, -0.2) is 0 Å². The molecule has 0 radical (unpaired) electrons. The van der Waals surface area contributed by atoms with Gasteiger partial charge >= 0.3 is 0 Å². The first kappa shape index (κ1) is 11.6. The number of hydrogen-bond acceptors (Lipinski definition) is 3. The topological polar surface area (TPSA) is 36.8 Å². The molecule has 0 aromatic carbocycles. The molecule has 0 bridgehead atoms. The van der Waals surface area contributed by atoms with Crippen molar-refractivity contribution in [1.29, 1.82) is 0 Å². The molecule has 1 N–H and O–H groups in total. The Hall–Kier alpha value is -0.390. The summed E-state index contributed by atoms with van der Waals surface area (Å²) in [6.45, 7) is 5.84. The van der Waals surface area contributed by atoms with Gasteiger partial charge in [0.05, 0.1) is 11.4 Å². The number of halogens is 1. The number of aliphatic imine (C=N–C) groups is 1. The van der Waals surface area contributed by atoms with E-state index in [1.165, 1.54) is 0 Å². The van der Waals surface area contributed by atoms with Crippen LogP contribution in [0.3, 0.4) is 0 Å². The molecule has 0 aliphatic carbocycles. The van der Waals surface area contributed by atoms with Gasteiger partial charge in [-0.05, 0) is 43.4 Å². The zero-order valence-corrected chi connectivity index (χ0v) is 10.0. The van der Waals surface area contributed by atoms with E-state index in [0.717, 1.165) is 15.0 Å². The summed E-state index contributed by atoms with van der Waals surface area (Å²) in [6.07, 6.45) is 1.77. The molecule has 12 heavy (non-hydrogen) atoms. The Bertz CT molecular complexity index is 224. The Morgan fingerprint density at radius 3 is 2.33 bits per heavy atom. The molecule has 0 fully saturated rings. The van der Waals surface area contributed by atoms with Crippen LogP contribution in [0.5, 0.6) is 0 Å². The Labute approximate surface area is 87.2 Å². The minimum Gasteiger partial charge on any atom is -0.313 e. The molecule has 0 unspecified atom stereocenters. The highest BCUT2D eigenvalue weighted by atomic mass is 127. The zero-order chi connectivity index (χ0) is 9.56. The molecule has 0 aliphatic heterocycles. The van der Waals surface area contributed by atoms with E-state index in [1.807, 2.05) is 20.8 Å². The molecule has 0 saturated carbocycles. The van der Waals surface area contributed by atoms with Gasteiger partial charge in [0.15, 0.2) is 0 Å². The minimum absolute atomic E-state index is 0.905. The fraction of sp³-hybridized carbons (Fsp3) is 0.500. The molecular weight excluding hydrogens is 265 g/mol. The van der Waals surface area contributed by atoms with E-state index in [9.17, 15) is 0 Å². The van der Waals surface area contributed by atoms with Crippen molar-refractivity contribution >= 4 is 34.5 Å². The first-order chi connectivity index (χ1) is 5.63. The molecule has 0 atom stereocenters. The van der Waals surface area contributed by atoms with Crippen molar-refractivity contribution in [2.75, 3.05) is 7.05 Å². The van der Waals surface area contributed by atoms with Crippen LogP contribution in [0.25, 0.3) is 0 Å². The molecule has 68 valence electrons. The van der Waals surface area contributed by atoms with E-state index in [-0.39, 0.29) is 0 Å². The highest BCUT2D eigenvalue weighted by Crippen LogP contribution is 2.14. The Balaban J connectivity index is 4.78. The number of rotatable bonds is 3. The first-order valence-electron chi connectivity index (χ1n) is 3.70. The number of hydrogen-bond donors (Lipinski definition) is 1. The summed E-state index contributed by atoms with van der Waals surface area (Å²) in [6, 6.07) is 0. The average molecular weight is 279 g/mol. The van der Waals surface area contributed by atoms with Crippen molar-refractivity contribution in [3.8, 4) is 0 Å². The maximum atomic E-state index is 4.22. The SMILES string of the molecule is CC=NC(/C(C)=N\NC)=C(/C)I. The largest absolute Gasteiger partial charge is 0.313 e. The van der Waals surface area contributed by atoms with E-state index in [2.05, 4.69) is 38.1 Å². The van der Waals surface area contributed by atoms with E-state index < -0.39 is 0 Å². The third-order valence-electron chi connectivity index (χ3n) is 1.21. The quantitative estimate of drug-likeness (QED) is 0.480. The van der Waals surface area contributed by atoms with Crippen LogP contribution in [0.2, 0.25) is 0 Å². The summed E-state index contributed by atoms with van der Waals surface area (Å²) in [5.74, 6) is 0. The molecule has 0 saturated heterocycles. The van der Waals surface area contributed by atoms with Gasteiger partial charge in [-0.15, -0.1) is 0 Å². The lowest BCUT2D eigenvalue weighted by Gasteiger charge is -2.01. The molecular formula is C8H14IN3. The van der Waals surface area contributed by atoms with Gasteiger partial charge in [0.25, 0.3) is 0 Å². The van der Waals surface area contributed by atoms with E-state index >= 15 is 0 Å². The van der Waals surface area contributed by atoms with Crippen molar-refractivity contribution in [2.45, 2.75) is 20.8 Å². The monoisotopic (exact) mass is 279 g/mol. The first-order valence-corrected chi connectivity index (χ1v) is 4.77. The second kappa shape index (κ2) is 6.16. The van der Waals surface area contributed by atoms with Crippen LogP contribution in [-0.2, 0) is 0 Å². The van der Waals surface area contributed by atoms with Crippen LogP contribution < -0.4 is 5.43 Å². The maximum Gasteiger partial charge on any atom is 0.0944 e. The molecule has 0 amide bonds. The third-order valence-corrected chi connectivity index (χ3v) is 1.72. The normalized spacial score (nSPS) is 14.9. The standard InChI is InChI=1S/C8H14IN3/c1-5-11-8(6(2)9)7(3)12-10-4/h5,10H,1-4H3/b8-6-,11-5?,12-7-. The van der Waals surface area contributed by atoms with Crippen molar-refractivity contribution in [1.82, 2.24) is 5.43 Å². The second-order valence-electron chi connectivity index (χ2n) is 2.19. The highest BCUT2D eigenvalue weighted by Gasteiger charge is 2.01. The summed E-state index contributed by atoms with van der Waals surface area (Å²) >= 11 is 2.24. The lowest BCUT2D eigenvalue weighted by molar-refractivity contribution is 0.898. The summed E-state index contributed by atoms with van der Waals surface area (Å²) < 4.78 is 1.14. The predicted molar refractivity (Wildman–Crippen MR) is 63.1 cm³/mol. The van der Waals surface area contributed by atoms with E-state index in [0.29, 0.717) is 0 Å². The van der Waals surface area contributed by atoms with Crippen molar-refractivity contribution in [3.05, 3.63) is 9.28 Å². The molecule has 0 aromatic heterocycles. The van der Waals surface area contributed by atoms with Gasteiger partial charge in [0.2, 0.25) is 0 Å². The van der Waals surface area contributed by atoms with Gasteiger partial charge in [-0.2, -0.15) is 5.10 Å². The molecule has 0 rings (SSSR count). The van der Waals surface area contributed by atoms with Crippen LogP contribution in [0.1, 0.15) is 20.8 Å². The smallest absolute Gasteiger partial charge is 0.0944 e. The Morgan fingerprint density at radius 1 is 1.42 bits per heavy atom. The minimum atomic E-state index is 0.905. The van der Waals surface area contributed by atoms with Crippen LogP contribution in [-0.4, -0.2) is 19.0 Å². The molecule has 0 aromatic rings. The lowest BCUT2D eigenvalue weighted by atomic mass is 10.3. The Kier molecular flexibility index (Phi) is 5.96. The summed E-state index contributed by atoms with van der Waals surface area (Å²) in [5, 5.41) is 4.06. The fourth-order valence-electron chi connectivity index (χ4n) is 0.781. The van der Waals surface area contributed by atoms with Gasteiger partial charge in [-0.1, -0.05) is 0 Å². The number of nitrogens with one attached hydrogen (secondary N) is 1. The van der Waals surface area contributed by atoms with Crippen molar-refractivity contribution < 1.29 is 0 Å². The predicted octanol–water partition coefficient (Wildman–Crippen LogP) is 2.34. The van der Waals surface area contributed by atoms with E-state index in [4.69, 9.17) is 0 Å². The second-order valence-corrected chi connectivity index (χ2v) is 3.81. The molecule has 4 heteroatoms. The fourth-order valence-corrected chi connectivity index (χ4v) is 1.31. The van der Waals surface area contributed by atoms with Crippen molar-refractivity contribution in [3.63, 3.8) is 0 Å². The average Bonchev–Trinajstić information content (AvgIpc) is 1.99. The molecule has 0 spiro atoms. The van der Waals surface area contributed by atoms with Gasteiger partial charge in [0, 0.05) is 16.8 Å². The van der Waals surface area contributed by atoms with Crippen LogP contribution in [0, 0.1) is 0 Å². The lowest BCUT2D eigenvalue weighted by Crippen LogP contribution is -2.04. The van der Waals surface area contributed by atoms with Crippen LogP contribution in [0.4, 0.5) is 0 Å². The van der Waals surface area contributed by atoms with Crippen LogP contribution >= 0.6 is 22.6 Å². The summed E-state index contributed by atoms with van der Waals surface area (Å²) in [7, 11) is 1.78. The van der Waals surface area contributed by atoms with Gasteiger partial charge in [-0.3, -0.25) is 4.99 Å². The molecule has 3 nitrogen and oxygen atoms in total. The van der Waals surface area contributed by atoms with E-state index in [1.54, 1.807) is 13.3 Å². The summed E-state index contributed by atoms with van der Waals surface area (Å²) in [5.41, 5.74) is 4.58. The molecule has 0 heterocycles. The third kappa shape index (κ3) is 3.85. The number of nitrogens with zero attached hydrogens (tertiary/aromatic N) is 2. The maximum absolute atomic E-state index is 4.22.